The molecule has 0 spiro atoms. The first-order chi connectivity index (χ1) is 6.97. The van der Waals surface area contributed by atoms with Crippen LogP contribution in [0.15, 0.2) is 0 Å². The Morgan fingerprint density at radius 2 is 2.07 bits per heavy atom. The van der Waals surface area contributed by atoms with Gasteiger partial charge in [-0.05, 0) is 43.4 Å². The number of hydrogen-bond donors (Lipinski definition) is 0. The molecule has 0 saturated heterocycles. The first-order valence-corrected chi connectivity index (χ1v) is 6.56. The van der Waals surface area contributed by atoms with Crippen LogP contribution in [0.1, 0.15) is 45.4 Å². The minimum Gasteiger partial charge on any atom is -0.461 e. The van der Waals surface area contributed by atoms with E-state index in [2.05, 4.69) is 22.9 Å². The van der Waals surface area contributed by atoms with Crippen molar-refractivity contribution in [2.75, 3.05) is 0 Å². The fourth-order valence-electron chi connectivity index (χ4n) is 4.93. The molecule has 4 saturated carbocycles. The van der Waals surface area contributed by atoms with Gasteiger partial charge in [-0.25, -0.2) is 0 Å². The molecule has 0 N–H and O–H groups in total. The number of carbonyl (C=O) groups excluding carboxylic acids is 1. The average molecular weight is 273 g/mol. The fraction of sp³-hybridized carbons (Fsp3) is 0.917. The Kier molecular flexibility index (Phi) is 1.88. The molecule has 0 amide bonds. The molecule has 0 aromatic rings. The SMILES string of the molecule is CC12CC3CC(Br)(C1)CC(OC=O)(C3)C2. The molecule has 15 heavy (non-hydrogen) atoms. The van der Waals surface area contributed by atoms with Crippen molar-refractivity contribution in [3.63, 3.8) is 0 Å². The third kappa shape index (κ3) is 1.46. The second kappa shape index (κ2) is 2.79. The quantitative estimate of drug-likeness (QED) is 0.571. The molecule has 4 bridgehead atoms. The second-order valence-corrected chi connectivity index (χ2v) is 8.05. The minimum atomic E-state index is -0.139. The number of alkyl halides is 1. The van der Waals surface area contributed by atoms with Gasteiger partial charge in [-0.15, -0.1) is 0 Å². The van der Waals surface area contributed by atoms with E-state index in [1.165, 1.54) is 19.3 Å². The maximum atomic E-state index is 10.7. The van der Waals surface area contributed by atoms with Crippen LogP contribution in [0.5, 0.6) is 0 Å². The smallest absolute Gasteiger partial charge is 0.293 e. The molecule has 0 aliphatic heterocycles. The normalized spacial score (nSPS) is 56.8. The number of carbonyl (C=O) groups is 1. The molecule has 0 aromatic carbocycles. The molecule has 4 fully saturated rings. The number of hydrogen-bond acceptors (Lipinski definition) is 2. The van der Waals surface area contributed by atoms with Gasteiger partial charge in [0.25, 0.3) is 6.47 Å². The lowest BCUT2D eigenvalue weighted by Crippen LogP contribution is -2.61. The summed E-state index contributed by atoms with van der Waals surface area (Å²) in [6, 6.07) is 0. The van der Waals surface area contributed by atoms with E-state index in [-0.39, 0.29) is 9.93 Å². The molecule has 0 heterocycles. The van der Waals surface area contributed by atoms with E-state index in [1.807, 2.05) is 0 Å². The lowest BCUT2D eigenvalue weighted by atomic mass is 9.48. The summed E-state index contributed by atoms with van der Waals surface area (Å²) in [5.41, 5.74) is 0.255. The molecule has 0 radical (unpaired) electrons. The predicted octanol–water partition coefficient (Wildman–Crippen LogP) is 3.04. The monoisotopic (exact) mass is 272 g/mol. The Hall–Kier alpha value is -0.0500. The lowest BCUT2D eigenvalue weighted by molar-refractivity contribution is -0.180. The van der Waals surface area contributed by atoms with Gasteiger partial charge >= 0.3 is 0 Å². The zero-order chi connectivity index (χ0) is 10.7. The van der Waals surface area contributed by atoms with Crippen molar-refractivity contribution in [3.8, 4) is 0 Å². The summed E-state index contributed by atoms with van der Waals surface area (Å²) < 4.78 is 5.72. The summed E-state index contributed by atoms with van der Waals surface area (Å²) in [4.78, 5) is 10.7. The molecule has 4 aliphatic rings. The first kappa shape index (κ1) is 10.1. The Labute approximate surface area is 98.9 Å². The zero-order valence-corrected chi connectivity index (χ0v) is 10.7. The summed E-state index contributed by atoms with van der Waals surface area (Å²) >= 11 is 3.90. The average Bonchev–Trinajstić information content (AvgIpc) is 1.94. The Morgan fingerprint density at radius 3 is 2.67 bits per heavy atom. The van der Waals surface area contributed by atoms with E-state index in [1.54, 1.807) is 0 Å². The van der Waals surface area contributed by atoms with Crippen LogP contribution < -0.4 is 0 Å². The molecule has 4 rings (SSSR count). The Bertz CT molecular complexity index is 297. The minimum absolute atomic E-state index is 0.139. The van der Waals surface area contributed by atoms with Crippen molar-refractivity contribution in [2.45, 2.75) is 55.4 Å². The number of ether oxygens (including phenoxy) is 1. The molecule has 2 nitrogen and oxygen atoms in total. The summed E-state index contributed by atoms with van der Waals surface area (Å²) in [5, 5.41) is 0. The van der Waals surface area contributed by atoms with Gasteiger partial charge in [0.2, 0.25) is 0 Å². The van der Waals surface area contributed by atoms with Crippen molar-refractivity contribution in [2.24, 2.45) is 11.3 Å². The van der Waals surface area contributed by atoms with Gasteiger partial charge in [-0.1, -0.05) is 22.9 Å². The molecular formula is C12H17BrO2. The summed E-state index contributed by atoms with van der Waals surface area (Å²) in [6.45, 7) is 3.02. The molecule has 3 heteroatoms. The maximum absolute atomic E-state index is 10.7. The highest BCUT2D eigenvalue weighted by Gasteiger charge is 2.62. The van der Waals surface area contributed by atoms with Crippen molar-refractivity contribution >= 4 is 22.4 Å². The van der Waals surface area contributed by atoms with Crippen LogP contribution in [0.3, 0.4) is 0 Å². The van der Waals surface area contributed by atoms with E-state index in [4.69, 9.17) is 4.74 Å². The number of halogens is 1. The van der Waals surface area contributed by atoms with Gasteiger partial charge < -0.3 is 4.74 Å². The molecule has 0 aromatic heterocycles. The largest absolute Gasteiger partial charge is 0.461 e. The highest BCUT2D eigenvalue weighted by molar-refractivity contribution is 9.10. The highest BCUT2D eigenvalue weighted by atomic mass is 79.9. The summed E-state index contributed by atoms with van der Waals surface area (Å²) in [7, 11) is 0. The van der Waals surface area contributed by atoms with Crippen LogP contribution in [-0.2, 0) is 9.53 Å². The van der Waals surface area contributed by atoms with Gasteiger partial charge in [0.15, 0.2) is 0 Å². The van der Waals surface area contributed by atoms with Gasteiger partial charge in [0.1, 0.15) is 5.60 Å². The zero-order valence-electron chi connectivity index (χ0n) is 9.09. The molecular weight excluding hydrogens is 256 g/mol. The molecule has 84 valence electrons. The summed E-state index contributed by atoms with van der Waals surface area (Å²) in [6.07, 6.45) is 7.03. The fourth-order valence-corrected chi connectivity index (χ4v) is 6.58. The van der Waals surface area contributed by atoms with Crippen LogP contribution in [-0.4, -0.2) is 16.4 Å². The van der Waals surface area contributed by atoms with Gasteiger partial charge in [0.05, 0.1) is 0 Å². The second-order valence-electron chi connectivity index (χ2n) is 6.37. The first-order valence-electron chi connectivity index (χ1n) is 5.77. The van der Waals surface area contributed by atoms with E-state index in [0.717, 1.165) is 25.2 Å². The summed E-state index contributed by atoms with van der Waals surface area (Å²) in [5.74, 6) is 0.755. The number of rotatable bonds is 2. The van der Waals surface area contributed by atoms with Crippen molar-refractivity contribution in [1.82, 2.24) is 0 Å². The maximum Gasteiger partial charge on any atom is 0.293 e. The van der Waals surface area contributed by atoms with E-state index in [0.29, 0.717) is 11.9 Å². The van der Waals surface area contributed by atoms with Crippen LogP contribution in [0, 0.1) is 11.3 Å². The lowest BCUT2D eigenvalue weighted by Gasteiger charge is -2.63. The van der Waals surface area contributed by atoms with Crippen LogP contribution >= 0.6 is 15.9 Å². The Morgan fingerprint density at radius 1 is 1.27 bits per heavy atom. The van der Waals surface area contributed by atoms with Crippen molar-refractivity contribution < 1.29 is 9.53 Å². The third-order valence-electron chi connectivity index (χ3n) is 4.53. The van der Waals surface area contributed by atoms with E-state index < -0.39 is 0 Å². The van der Waals surface area contributed by atoms with Crippen molar-refractivity contribution in [3.05, 3.63) is 0 Å². The Balaban J connectivity index is 1.98. The van der Waals surface area contributed by atoms with Gasteiger partial charge in [0, 0.05) is 10.7 Å². The highest BCUT2D eigenvalue weighted by Crippen LogP contribution is 2.66. The predicted molar refractivity (Wildman–Crippen MR) is 60.8 cm³/mol. The van der Waals surface area contributed by atoms with Gasteiger partial charge in [-0.2, -0.15) is 0 Å². The van der Waals surface area contributed by atoms with Crippen molar-refractivity contribution in [1.29, 1.82) is 0 Å². The standard InChI is InChI=1S/C12H17BrO2/c1-10-2-9-3-11(13,5-10)7-12(4-9,6-10)15-8-14/h8-9H,2-7H2,1H3. The van der Waals surface area contributed by atoms with Crippen LogP contribution in [0.2, 0.25) is 0 Å². The molecule has 4 aliphatic carbocycles. The van der Waals surface area contributed by atoms with Gasteiger partial charge in [-0.3, -0.25) is 4.79 Å². The third-order valence-corrected chi connectivity index (χ3v) is 5.41. The molecule has 4 unspecified atom stereocenters. The topological polar surface area (TPSA) is 26.3 Å². The van der Waals surface area contributed by atoms with E-state index >= 15 is 0 Å². The van der Waals surface area contributed by atoms with Crippen LogP contribution in [0.25, 0.3) is 0 Å². The van der Waals surface area contributed by atoms with Crippen LogP contribution in [0.4, 0.5) is 0 Å². The molecule has 4 atom stereocenters. The van der Waals surface area contributed by atoms with E-state index in [9.17, 15) is 4.79 Å².